The fourth-order valence-corrected chi connectivity index (χ4v) is 3.73. The van der Waals surface area contributed by atoms with Gasteiger partial charge in [-0.3, -0.25) is 4.90 Å². The molecule has 3 unspecified atom stereocenters. The van der Waals surface area contributed by atoms with Crippen LogP contribution in [-0.4, -0.2) is 61.7 Å². The number of hydrogen-bond donors (Lipinski definition) is 1. The lowest BCUT2D eigenvalue weighted by Gasteiger charge is -2.39. The molecule has 1 saturated heterocycles. The van der Waals surface area contributed by atoms with E-state index in [1.54, 1.807) is 0 Å². The summed E-state index contributed by atoms with van der Waals surface area (Å²) in [6, 6.07) is 2.15. The van der Waals surface area contributed by atoms with Crippen LogP contribution in [0.3, 0.4) is 0 Å². The van der Waals surface area contributed by atoms with E-state index in [1.165, 1.54) is 51.6 Å². The van der Waals surface area contributed by atoms with Crippen LogP contribution in [0.1, 0.15) is 59.3 Å². The van der Waals surface area contributed by atoms with Crippen molar-refractivity contribution in [3.05, 3.63) is 0 Å². The summed E-state index contributed by atoms with van der Waals surface area (Å²) in [5.74, 6) is 0. The molecule has 120 valence electrons. The molecule has 0 saturated carbocycles. The average Bonchev–Trinajstić information content (AvgIpc) is 2.84. The van der Waals surface area contributed by atoms with Crippen LogP contribution in [0.25, 0.3) is 0 Å². The van der Waals surface area contributed by atoms with Gasteiger partial charge in [0.05, 0.1) is 0 Å². The highest BCUT2D eigenvalue weighted by Gasteiger charge is 2.33. The van der Waals surface area contributed by atoms with E-state index in [0.717, 1.165) is 12.6 Å². The van der Waals surface area contributed by atoms with Crippen LogP contribution in [0.2, 0.25) is 0 Å². The van der Waals surface area contributed by atoms with Crippen LogP contribution in [0.15, 0.2) is 0 Å². The van der Waals surface area contributed by atoms with E-state index in [1.807, 2.05) is 0 Å². The van der Waals surface area contributed by atoms with Crippen molar-refractivity contribution in [3.8, 4) is 0 Å². The minimum Gasteiger partial charge on any atom is -0.312 e. The summed E-state index contributed by atoms with van der Waals surface area (Å²) in [5.41, 5.74) is 0. The monoisotopic (exact) mass is 283 g/mol. The van der Waals surface area contributed by atoms with Crippen molar-refractivity contribution in [2.45, 2.75) is 77.4 Å². The smallest absolute Gasteiger partial charge is 0.0250 e. The Labute approximate surface area is 127 Å². The summed E-state index contributed by atoms with van der Waals surface area (Å²) < 4.78 is 0. The topological polar surface area (TPSA) is 18.5 Å². The molecule has 0 spiro atoms. The van der Waals surface area contributed by atoms with Gasteiger partial charge in [-0.05, 0) is 59.3 Å². The first-order valence-corrected chi connectivity index (χ1v) is 8.77. The molecule has 1 fully saturated rings. The van der Waals surface area contributed by atoms with Gasteiger partial charge in [-0.15, -0.1) is 0 Å². The molecular formula is C17H37N3. The van der Waals surface area contributed by atoms with Crippen LogP contribution < -0.4 is 5.32 Å². The Kier molecular flexibility index (Phi) is 8.74. The van der Waals surface area contributed by atoms with Gasteiger partial charge in [0.25, 0.3) is 0 Å². The fourth-order valence-electron chi connectivity index (χ4n) is 3.73. The summed E-state index contributed by atoms with van der Waals surface area (Å²) in [5, 5.41) is 3.82. The van der Waals surface area contributed by atoms with E-state index < -0.39 is 0 Å². The van der Waals surface area contributed by atoms with Crippen molar-refractivity contribution in [1.82, 2.24) is 15.1 Å². The first-order chi connectivity index (χ1) is 9.63. The Balaban J connectivity index is 2.68. The van der Waals surface area contributed by atoms with Gasteiger partial charge >= 0.3 is 0 Å². The highest BCUT2D eigenvalue weighted by atomic mass is 15.3. The number of nitrogens with zero attached hydrogens (tertiary/aromatic N) is 2. The van der Waals surface area contributed by atoms with Gasteiger partial charge in [-0.1, -0.05) is 27.2 Å². The lowest BCUT2D eigenvalue weighted by atomic mass is 9.98. The zero-order valence-corrected chi connectivity index (χ0v) is 14.5. The minimum atomic E-state index is 0.674. The number of likely N-dealkylation sites (N-methyl/N-ethyl adjacent to an activating group) is 1. The highest BCUT2D eigenvalue weighted by Crippen LogP contribution is 2.25. The molecule has 0 aromatic rings. The molecule has 0 aliphatic carbocycles. The molecule has 0 radical (unpaired) electrons. The Morgan fingerprint density at radius 3 is 2.50 bits per heavy atom. The van der Waals surface area contributed by atoms with E-state index in [9.17, 15) is 0 Å². The molecule has 3 nitrogen and oxygen atoms in total. The Morgan fingerprint density at radius 2 is 1.95 bits per heavy atom. The number of nitrogens with one attached hydrogen (secondary N) is 1. The van der Waals surface area contributed by atoms with Crippen LogP contribution >= 0.6 is 0 Å². The van der Waals surface area contributed by atoms with E-state index in [-0.39, 0.29) is 0 Å². The third-order valence-corrected chi connectivity index (χ3v) is 4.56. The number of rotatable bonds is 10. The van der Waals surface area contributed by atoms with E-state index in [0.29, 0.717) is 12.1 Å². The maximum atomic E-state index is 3.82. The lowest BCUT2D eigenvalue weighted by molar-refractivity contribution is 0.115. The molecule has 0 amide bonds. The molecule has 1 rings (SSSR count). The first kappa shape index (κ1) is 17.9. The molecular weight excluding hydrogens is 246 g/mol. The van der Waals surface area contributed by atoms with Gasteiger partial charge < -0.3 is 10.2 Å². The third kappa shape index (κ3) is 5.34. The van der Waals surface area contributed by atoms with Crippen LogP contribution in [0.5, 0.6) is 0 Å². The van der Waals surface area contributed by atoms with Gasteiger partial charge in [0.2, 0.25) is 0 Å². The molecule has 0 aromatic carbocycles. The van der Waals surface area contributed by atoms with Crippen molar-refractivity contribution in [3.63, 3.8) is 0 Å². The number of hydrogen-bond acceptors (Lipinski definition) is 3. The second-order valence-corrected chi connectivity index (χ2v) is 6.62. The molecule has 3 heteroatoms. The Bertz CT molecular complexity index is 242. The van der Waals surface area contributed by atoms with Gasteiger partial charge in [-0.2, -0.15) is 0 Å². The second kappa shape index (κ2) is 9.75. The molecule has 0 bridgehead atoms. The first-order valence-electron chi connectivity index (χ1n) is 8.77. The van der Waals surface area contributed by atoms with Crippen molar-refractivity contribution in [2.24, 2.45) is 0 Å². The molecule has 20 heavy (non-hydrogen) atoms. The zero-order valence-electron chi connectivity index (χ0n) is 14.5. The van der Waals surface area contributed by atoms with Crippen LogP contribution in [0.4, 0.5) is 0 Å². The fraction of sp³-hybridized carbons (Fsp3) is 1.00. The minimum absolute atomic E-state index is 0.674. The van der Waals surface area contributed by atoms with Gasteiger partial charge in [0.1, 0.15) is 0 Å². The molecule has 1 heterocycles. The highest BCUT2D eigenvalue weighted by molar-refractivity contribution is 4.91. The van der Waals surface area contributed by atoms with Crippen molar-refractivity contribution in [2.75, 3.05) is 33.7 Å². The summed E-state index contributed by atoms with van der Waals surface area (Å²) in [4.78, 5) is 5.16. The maximum Gasteiger partial charge on any atom is 0.0250 e. The summed E-state index contributed by atoms with van der Waals surface area (Å²) >= 11 is 0. The summed E-state index contributed by atoms with van der Waals surface area (Å²) in [6.07, 6.45) is 7.85. The van der Waals surface area contributed by atoms with Gasteiger partial charge in [0.15, 0.2) is 0 Å². The number of likely N-dealkylation sites (tertiary alicyclic amines) is 1. The van der Waals surface area contributed by atoms with Crippen molar-refractivity contribution >= 4 is 0 Å². The van der Waals surface area contributed by atoms with Crippen molar-refractivity contribution in [1.29, 1.82) is 0 Å². The Hall–Kier alpha value is -0.120. The van der Waals surface area contributed by atoms with Gasteiger partial charge in [-0.25, -0.2) is 0 Å². The van der Waals surface area contributed by atoms with E-state index in [2.05, 4.69) is 50.0 Å². The van der Waals surface area contributed by atoms with E-state index in [4.69, 9.17) is 0 Å². The van der Waals surface area contributed by atoms with E-state index >= 15 is 0 Å². The lowest BCUT2D eigenvalue weighted by Crippen LogP contribution is -2.53. The van der Waals surface area contributed by atoms with Crippen LogP contribution in [-0.2, 0) is 0 Å². The normalized spacial score (nSPS) is 23.4. The largest absolute Gasteiger partial charge is 0.312 e. The molecule has 1 aliphatic rings. The third-order valence-electron chi connectivity index (χ3n) is 4.56. The SMILES string of the molecule is CCCNC(CCC)C(CC)N1CCCC1CN(C)C. The standard InChI is InChI=1S/C17H37N3/c1-6-10-16(18-12-7-2)17(8-3)20-13-9-11-15(20)14-19(4)5/h15-18H,6-14H2,1-5H3. The van der Waals surface area contributed by atoms with Gasteiger partial charge in [0, 0.05) is 24.7 Å². The molecule has 3 atom stereocenters. The Morgan fingerprint density at radius 1 is 1.20 bits per heavy atom. The van der Waals surface area contributed by atoms with Crippen LogP contribution in [0, 0.1) is 0 Å². The molecule has 1 aliphatic heterocycles. The quantitative estimate of drug-likeness (QED) is 0.665. The summed E-state index contributed by atoms with van der Waals surface area (Å²) in [6.45, 7) is 10.6. The predicted molar refractivity (Wildman–Crippen MR) is 89.4 cm³/mol. The molecule has 1 N–H and O–H groups in total. The maximum absolute atomic E-state index is 3.82. The zero-order chi connectivity index (χ0) is 15.0. The van der Waals surface area contributed by atoms with Crippen molar-refractivity contribution < 1.29 is 0 Å². The average molecular weight is 284 g/mol. The second-order valence-electron chi connectivity index (χ2n) is 6.62. The molecule has 0 aromatic heterocycles. The predicted octanol–water partition coefficient (Wildman–Crippen LogP) is 2.96. The summed E-state index contributed by atoms with van der Waals surface area (Å²) in [7, 11) is 4.41.